The molecular weight excluding hydrogens is 422 g/mol. The summed E-state index contributed by atoms with van der Waals surface area (Å²) in [6, 6.07) is 44.6. The van der Waals surface area contributed by atoms with Crippen LogP contribution in [0, 0.1) is 0 Å². The van der Waals surface area contributed by atoms with Crippen molar-refractivity contribution >= 4 is 29.3 Å². The van der Waals surface area contributed by atoms with E-state index in [1.807, 2.05) is 0 Å². The van der Waals surface area contributed by atoms with Crippen LogP contribution in [0.15, 0.2) is 121 Å². The second kappa shape index (κ2) is 7.94. The molecule has 0 saturated carbocycles. The Morgan fingerprint density at radius 3 is 1.04 bits per heavy atom. The van der Waals surface area contributed by atoms with Crippen molar-refractivity contribution in [2.75, 3.05) is 0 Å². The molecule has 0 atom stereocenters. The first-order valence-electron chi connectivity index (χ1n) is 9.10. The predicted octanol–water partition coefficient (Wildman–Crippen LogP) is 3.67. The summed E-state index contributed by atoms with van der Waals surface area (Å²) in [5.41, 5.74) is 1.43. The summed E-state index contributed by atoms with van der Waals surface area (Å²) < 4.78 is 5.72. The molecule has 0 bridgehead atoms. The van der Waals surface area contributed by atoms with Crippen LogP contribution in [-0.4, -0.2) is 18.8 Å². The van der Waals surface area contributed by atoms with Gasteiger partial charge in [0, 0.05) is 0 Å². The van der Waals surface area contributed by atoms with E-state index in [1.165, 1.54) is 16.1 Å². The van der Waals surface area contributed by atoms with Gasteiger partial charge < -0.3 is 0 Å². The molecule has 4 aromatic rings. The summed E-state index contributed by atoms with van der Waals surface area (Å²) >= 11 is -3.16. The van der Waals surface area contributed by atoms with Crippen LogP contribution in [0.3, 0.4) is 0 Å². The van der Waals surface area contributed by atoms with E-state index in [-0.39, 0.29) is 0 Å². The Balaban J connectivity index is 2.00. The van der Waals surface area contributed by atoms with E-state index in [1.54, 1.807) is 0 Å². The van der Waals surface area contributed by atoms with Crippen LogP contribution < -0.4 is 10.5 Å². The first kappa shape index (κ1) is 17.1. The fourth-order valence-corrected chi connectivity index (χ4v) is 17.4. The fourth-order valence-electron chi connectivity index (χ4n) is 3.88. The molecule has 0 heterocycles. The van der Waals surface area contributed by atoms with Gasteiger partial charge >= 0.3 is 161 Å². The zero-order chi connectivity index (χ0) is 17.7. The zero-order valence-corrected chi connectivity index (χ0v) is 17.6. The monoisotopic (exact) mass is 444 g/mol. The molecule has 0 aliphatic carbocycles. The standard InChI is InChI=1S/C7H7.3C6H5.Sb.H/c1-7-5-3-2-4-6-7;3*1-2-4-6-5-3-1;;/h2-6H,1H2;3*1-5H;;. The van der Waals surface area contributed by atoms with Gasteiger partial charge in [-0.1, -0.05) is 0 Å². The first-order chi connectivity index (χ1) is 12.9. The summed E-state index contributed by atoms with van der Waals surface area (Å²) in [6.45, 7) is 0. The first-order valence-corrected chi connectivity index (χ1v) is 15.4. The van der Waals surface area contributed by atoms with Gasteiger partial charge in [0.15, 0.2) is 0 Å². The van der Waals surface area contributed by atoms with Gasteiger partial charge in [-0.2, -0.15) is 0 Å². The summed E-state index contributed by atoms with van der Waals surface area (Å²) in [5, 5.41) is 0. The molecule has 0 amide bonds. The van der Waals surface area contributed by atoms with Gasteiger partial charge in [0.2, 0.25) is 0 Å². The molecule has 0 fully saturated rings. The third-order valence-corrected chi connectivity index (χ3v) is 19.1. The Kier molecular flexibility index (Phi) is 5.23. The van der Waals surface area contributed by atoms with Crippen molar-refractivity contribution in [3.63, 3.8) is 0 Å². The summed E-state index contributed by atoms with van der Waals surface area (Å²) in [4.78, 5) is 0. The molecule has 26 heavy (non-hydrogen) atoms. The normalized spacial score (nSPS) is 11.8. The van der Waals surface area contributed by atoms with Crippen molar-refractivity contribution in [1.82, 2.24) is 0 Å². The van der Waals surface area contributed by atoms with Crippen molar-refractivity contribution in [2.24, 2.45) is 0 Å². The molecule has 0 aliphatic heterocycles. The van der Waals surface area contributed by atoms with Crippen molar-refractivity contribution in [2.45, 2.75) is 4.37 Å². The van der Waals surface area contributed by atoms with Crippen LogP contribution in [0.1, 0.15) is 5.56 Å². The Labute approximate surface area is 160 Å². The molecule has 0 aromatic heterocycles. The average molecular weight is 445 g/mol. The molecule has 0 nitrogen and oxygen atoms in total. The van der Waals surface area contributed by atoms with Gasteiger partial charge in [0.1, 0.15) is 0 Å². The SMILES string of the molecule is c1ccc([CH2][SbH]([c]2ccccc2)([c]2ccccc2)[c]2ccccc2)cc1. The Hall–Kier alpha value is -2.30. The summed E-state index contributed by atoms with van der Waals surface area (Å²) in [7, 11) is 0. The van der Waals surface area contributed by atoms with Crippen LogP contribution >= 0.6 is 0 Å². The molecule has 4 aromatic carbocycles. The van der Waals surface area contributed by atoms with E-state index in [9.17, 15) is 0 Å². The van der Waals surface area contributed by atoms with Crippen LogP contribution in [0.5, 0.6) is 0 Å². The molecule has 0 spiro atoms. The quantitative estimate of drug-likeness (QED) is 0.412. The molecule has 128 valence electrons. The third kappa shape index (κ3) is 3.35. The minimum absolute atomic E-state index is 1.13. The molecule has 0 saturated heterocycles. The number of benzene rings is 4. The van der Waals surface area contributed by atoms with Crippen molar-refractivity contribution in [3.05, 3.63) is 127 Å². The van der Waals surface area contributed by atoms with Gasteiger partial charge in [0.05, 0.1) is 0 Å². The van der Waals surface area contributed by atoms with Crippen molar-refractivity contribution in [3.8, 4) is 0 Å². The molecule has 0 unspecified atom stereocenters. The average Bonchev–Trinajstić information content (AvgIpc) is 2.75. The summed E-state index contributed by atoms with van der Waals surface area (Å²) in [6.07, 6.45) is 0. The minimum atomic E-state index is -3.16. The molecule has 0 N–H and O–H groups in total. The predicted molar refractivity (Wildman–Crippen MR) is 116 cm³/mol. The van der Waals surface area contributed by atoms with Gasteiger partial charge in [-0.15, -0.1) is 0 Å². The fraction of sp³-hybridized carbons (Fsp3) is 0.0400. The molecule has 0 radical (unpaired) electrons. The van der Waals surface area contributed by atoms with E-state index in [2.05, 4.69) is 121 Å². The van der Waals surface area contributed by atoms with Crippen LogP contribution in [0.4, 0.5) is 0 Å². The second-order valence-corrected chi connectivity index (χ2v) is 17.8. The zero-order valence-electron chi connectivity index (χ0n) is 14.8. The van der Waals surface area contributed by atoms with Gasteiger partial charge in [0.25, 0.3) is 0 Å². The van der Waals surface area contributed by atoms with E-state index in [0.29, 0.717) is 0 Å². The topological polar surface area (TPSA) is 0 Å². The van der Waals surface area contributed by atoms with Crippen molar-refractivity contribution < 1.29 is 0 Å². The Morgan fingerprint density at radius 1 is 0.385 bits per heavy atom. The van der Waals surface area contributed by atoms with E-state index in [0.717, 1.165) is 4.37 Å². The Bertz CT molecular complexity index is 836. The molecule has 4 rings (SSSR count). The molecule has 1 heteroatoms. The number of rotatable bonds is 5. The summed E-state index contributed by atoms with van der Waals surface area (Å²) in [5.74, 6) is 0. The third-order valence-electron chi connectivity index (χ3n) is 5.11. The Morgan fingerprint density at radius 2 is 0.692 bits per heavy atom. The number of hydrogen-bond acceptors (Lipinski definition) is 0. The maximum atomic E-state index is 2.35. The number of hydrogen-bond donors (Lipinski definition) is 0. The second-order valence-electron chi connectivity index (χ2n) is 6.67. The van der Waals surface area contributed by atoms with Gasteiger partial charge in [-0.3, -0.25) is 0 Å². The van der Waals surface area contributed by atoms with Crippen LogP contribution in [-0.2, 0) is 4.37 Å². The maximum absolute atomic E-state index is 3.16. The van der Waals surface area contributed by atoms with Gasteiger partial charge in [-0.25, -0.2) is 0 Å². The van der Waals surface area contributed by atoms with Crippen LogP contribution in [0.2, 0.25) is 0 Å². The van der Waals surface area contributed by atoms with E-state index < -0.39 is 18.8 Å². The van der Waals surface area contributed by atoms with Crippen molar-refractivity contribution in [1.29, 1.82) is 0 Å². The van der Waals surface area contributed by atoms with E-state index in [4.69, 9.17) is 0 Å². The molecular formula is C25H23Sb. The molecule has 0 aliphatic rings. The van der Waals surface area contributed by atoms with E-state index >= 15 is 0 Å². The van der Waals surface area contributed by atoms with Crippen LogP contribution in [0.25, 0.3) is 0 Å². The van der Waals surface area contributed by atoms with Gasteiger partial charge in [-0.05, 0) is 0 Å².